The SMILES string of the molecule is CNC(=O)[C@H](Cc1ccc(-c2ccccc2)cc1)NC(=O)c1cc(-c2ccc(F)c(Cl)c2)ccc1O. The Balaban J connectivity index is 1.54. The normalized spacial score (nSPS) is 11.5. The van der Waals surface area contributed by atoms with Crippen LogP contribution in [0.2, 0.25) is 5.02 Å². The van der Waals surface area contributed by atoms with Crippen LogP contribution < -0.4 is 10.6 Å². The van der Waals surface area contributed by atoms with Gasteiger partial charge in [0.05, 0.1) is 10.6 Å². The first-order chi connectivity index (χ1) is 17.4. The van der Waals surface area contributed by atoms with Gasteiger partial charge in [0.1, 0.15) is 17.6 Å². The number of amides is 2. The second-order valence-corrected chi connectivity index (χ2v) is 8.68. The molecule has 0 saturated heterocycles. The highest BCUT2D eigenvalue weighted by molar-refractivity contribution is 6.31. The second-order valence-electron chi connectivity index (χ2n) is 8.27. The van der Waals surface area contributed by atoms with Gasteiger partial charge in [-0.25, -0.2) is 4.39 Å². The van der Waals surface area contributed by atoms with Gasteiger partial charge in [-0.1, -0.05) is 78.3 Å². The number of halogens is 2. The summed E-state index contributed by atoms with van der Waals surface area (Å²) < 4.78 is 13.6. The molecule has 4 rings (SSSR count). The first-order valence-electron chi connectivity index (χ1n) is 11.3. The minimum atomic E-state index is -0.867. The molecule has 0 heterocycles. The van der Waals surface area contributed by atoms with Crippen molar-refractivity contribution >= 4 is 23.4 Å². The number of nitrogens with one attached hydrogen (secondary N) is 2. The van der Waals surface area contributed by atoms with E-state index in [0.29, 0.717) is 11.1 Å². The van der Waals surface area contributed by atoms with Crippen molar-refractivity contribution in [2.24, 2.45) is 0 Å². The summed E-state index contributed by atoms with van der Waals surface area (Å²) in [5, 5.41) is 15.6. The fourth-order valence-electron chi connectivity index (χ4n) is 3.89. The molecule has 0 unspecified atom stereocenters. The van der Waals surface area contributed by atoms with Crippen molar-refractivity contribution in [2.45, 2.75) is 12.5 Å². The molecule has 36 heavy (non-hydrogen) atoms. The van der Waals surface area contributed by atoms with Gasteiger partial charge in [-0.2, -0.15) is 0 Å². The highest BCUT2D eigenvalue weighted by Gasteiger charge is 2.23. The molecule has 0 spiro atoms. The number of carbonyl (C=O) groups excluding carboxylic acids is 2. The molecule has 0 aromatic heterocycles. The van der Waals surface area contributed by atoms with Crippen molar-refractivity contribution in [1.29, 1.82) is 0 Å². The van der Waals surface area contributed by atoms with Crippen molar-refractivity contribution in [2.75, 3.05) is 7.05 Å². The van der Waals surface area contributed by atoms with Crippen LogP contribution in [0.3, 0.4) is 0 Å². The molecule has 0 fully saturated rings. The Hall–Kier alpha value is -4.16. The highest BCUT2D eigenvalue weighted by Crippen LogP contribution is 2.29. The standard InChI is InChI=1S/C29H24ClFN2O3/c1-32-29(36)26(15-18-7-9-20(10-8-18)19-5-3-2-4-6-19)33-28(35)23-16-21(12-14-27(23)34)22-11-13-25(31)24(30)17-22/h2-14,16-17,26,34H,15H2,1H3,(H,32,36)(H,33,35)/t26-/m0/s1. The lowest BCUT2D eigenvalue weighted by atomic mass is 9.99. The van der Waals surface area contributed by atoms with Gasteiger partial charge in [0, 0.05) is 13.5 Å². The molecule has 7 heteroatoms. The first kappa shape index (κ1) is 24.9. The van der Waals surface area contributed by atoms with Gasteiger partial charge in [-0.05, 0) is 52.1 Å². The van der Waals surface area contributed by atoms with E-state index in [0.717, 1.165) is 16.7 Å². The maximum atomic E-state index is 13.6. The summed E-state index contributed by atoms with van der Waals surface area (Å²) in [7, 11) is 1.50. The van der Waals surface area contributed by atoms with Gasteiger partial charge in [0.2, 0.25) is 5.91 Å². The van der Waals surface area contributed by atoms with Crippen LogP contribution in [-0.4, -0.2) is 30.0 Å². The topological polar surface area (TPSA) is 78.4 Å². The maximum absolute atomic E-state index is 13.6. The Morgan fingerprint density at radius 3 is 2.14 bits per heavy atom. The Bertz CT molecular complexity index is 1390. The number of hydrogen-bond acceptors (Lipinski definition) is 3. The van der Waals surface area contributed by atoms with E-state index in [9.17, 15) is 19.1 Å². The second kappa shape index (κ2) is 11.1. The molecule has 0 aliphatic rings. The number of phenols is 1. The number of rotatable bonds is 7. The predicted octanol–water partition coefficient (Wildman–Crippen LogP) is 5.61. The van der Waals surface area contributed by atoms with E-state index in [1.807, 2.05) is 54.6 Å². The fraction of sp³-hybridized carbons (Fsp3) is 0.103. The van der Waals surface area contributed by atoms with Crippen molar-refractivity contribution in [3.8, 4) is 28.0 Å². The minimum absolute atomic E-state index is 0.0127. The Kier molecular flexibility index (Phi) is 7.66. The summed E-state index contributed by atoms with van der Waals surface area (Å²) in [6, 6.07) is 25.5. The first-order valence-corrected chi connectivity index (χ1v) is 11.7. The van der Waals surface area contributed by atoms with Crippen molar-refractivity contribution in [3.63, 3.8) is 0 Å². The van der Waals surface area contributed by atoms with Gasteiger partial charge in [0.15, 0.2) is 0 Å². The smallest absolute Gasteiger partial charge is 0.255 e. The van der Waals surface area contributed by atoms with Crippen LogP contribution in [0.1, 0.15) is 15.9 Å². The third kappa shape index (κ3) is 5.73. The van der Waals surface area contributed by atoms with Crippen molar-refractivity contribution in [3.05, 3.63) is 113 Å². The summed E-state index contributed by atoms with van der Waals surface area (Å²) >= 11 is 5.89. The molecule has 0 bridgehead atoms. The van der Waals surface area contributed by atoms with Crippen LogP contribution in [0.25, 0.3) is 22.3 Å². The Morgan fingerprint density at radius 2 is 1.47 bits per heavy atom. The van der Waals surface area contributed by atoms with Gasteiger partial charge >= 0.3 is 0 Å². The zero-order valence-corrected chi connectivity index (χ0v) is 20.2. The van der Waals surface area contributed by atoms with Crippen LogP contribution in [0.15, 0.2) is 91.0 Å². The lowest BCUT2D eigenvalue weighted by Gasteiger charge is -2.18. The van der Waals surface area contributed by atoms with E-state index in [1.54, 1.807) is 6.07 Å². The summed E-state index contributed by atoms with van der Waals surface area (Å²) in [5.74, 6) is -1.77. The molecule has 3 N–H and O–H groups in total. The average molecular weight is 503 g/mol. The highest BCUT2D eigenvalue weighted by atomic mass is 35.5. The lowest BCUT2D eigenvalue weighted by molar-refractivity contribution is -0.122. The van der Waals surface area contributed by atoms with E-state index < -0.39 is 17.8 Å². The number of benzene rings is 4. The molecule has 0 aliphatic heterocycles. The van der Waals surface area contributed by atoms with Gasteiger partial charge < -0.3 is 15.7 Å². The maximum Gasteiger partial charge on any atom is 0.255 e. The summed E-state index contributed by atoms with van der Waals surface area (Å²) in [6.45, 7) is 0. The summed E-state index contributed by atoms with van der Waals surface area (Å²) in [5.41, 5.74) is 4.12. The summed E-state index contributed by atoms with van der Waals surface area (Å²) in [4.78, 5) is 25.7. The fourth-order valence-corrected chi connectivity index (χ4v) is 4.07. The largest absolute Gasteiger partial charge is 0.507 e. The van der Waals surface area contributed by atoms with Gasteiger partial charge in [-0.3, -0.25) is 9.59 Å². The number of aromatic hydroxyl groups is 1. The van der Waals surface area contributed by atoms with Crippen LogP contribution in [-0.2, 0) is 11.2 Å². The molecule has 4 aromatic rings. The quantitative estimate of drug-likeness (QED) is 0.307. The zero-order chi connectivity index (χ0) is 25.7. The molecule has 0 aliphatic carbocycles. The molecule has 0 saturated carbocycles. The molecule has 4 aromatic carbocycles. The molecule has 5 nitrogen and oxygen atoms in total. The van der Waals surface area contributed by atoms with Gasteiger partial charge in [0.25, 0.3) is 5.91 Å². The van der Waals surface area contributed by atoms with E-state index >= 15 is 0 Å². The summed E-state index contributed by atoms with van der Waals surface area (Å²) in [6.07, 6.45) is 0.258. The average Bonchev–Trinajstić information content (AvgIpc) is 2.90. The van der Waals surface area contributed by atoms with Gasteiger partial charge in [-0.15, -0.1) is 0 Å². The monoisotopic (exact) mass is 502 g/mol. The molecule has 1 atom stereocenters. The molecular weight excluding hydrogens is 479 g/mol. The van der Waals surface area contributed by atoms with Crippen LogP contribution in [0.5, 0.6) is 5.75 Å². The molecule has 182 valence electrons. The zero-order valence-electron chi connectivity index (χ0n) is 19.5. The van der Waals surface area contributed by atoms with E-state index in [-0.39, 0.29) is 28.7 Å². The number of hydrogen-bond donors (Lipinski definition) is 3. The Morgan fingerprint density at radius 1 is 0.861 bits per heavy atom. The lowest BCUT2D eigenvalue weighted by Crippen LogP contribution is -2.47. The van der Waals surface area contributed by atoms with Crippen molar-refractivity contribution < 1.29 is 19.1 Å². The van der Waals surface area contributed by atoms with E-state index in [1.165, 1.54) is 37.4 Å². The number of phenolic OH excluding ortho intramolecular Hbond substituents is 1. The van der Waals surface area contributed by atoms with E-state index in [4.69, 9.17) is 11.6 Å². The predicted molar refractivity (Wildman–Crippen MR) is 139 cm³/mol. The Labute approximate surface area is 213 Å². The number of likely N-dealkylation sites (N-methyl/N-ethyl adjacent to an activating group) is 1. The van der Waals surface area contributed by atoms with Crippen LogP contribution >= 0.6 is 11.6 Å². The van der Waals surface area contributed by atoms with Crippen molar-refractivity contribution in [1.82, 2.24) is 10.6 Å². The van der Waals surface area contributed by atoms with Crippen LogP contribution in [0.4, 0.5) is 4.39 Å². The van der Waals surface area contributed by atoms with Crippen LogP contribution in [0, 0.1) is 5.82 Å². The third-order valence-corrected chi connectivity index (χ3v) is 6.15. The molecular formula is C29H24ClFN2O3. The third-order valence-electron chi connectivity index (χ3n) is 5.86. The molecule has 0 radical (unpaired) electrons. The number of carbonyl (C=O) groups is 2. The minimum Gasteiger partial charge on any atom is -0.507 e. The molecule has 2 amide bonds. The van der Waals surface area contributed by atoms with E-state index in [2.05, 4.69) is 10.6 Å².